The Bertz CT molecular complexity index is 1790. The topological polar surface area (TPSA) is 83.4 Å². The summed E-state index contributed by atoms with van der Waals surface area (Å²) in [4.78, 5) is 29.3. The number of aryl methyl sites for hydroxylation is 1. The lowest BCUT2D eigenvalue weighted by Gasteiger charge is -2.20. The van der Waals surface area contributed by atoms with Crippen LogP contribution in [0.5, 0.6) is 0 Å². The van der Waals surface area contributed by atoms with Gasteiger partial charge in [-0.2, -0.15) is 10.2 Å². The average Bonchev–Trinajstić information content (AvgIpc) is 3.53. The first-order chi connectivity index (χ1) is 18.4. The Kier molecular flexibility index (Phi) is 6.08. The van der Waals surface area contributed by atoms with E-state index in [9.17, 15) is 9.59 Å². The largest absolute Gasteiger partial charge is 0.321 e. The van der Waals surface area contributed by atoms with E-state index >= 15 is 0 Å². The summed E-state index contributed by atoms with van der Waals surface area (Å²) in [7, 11) is 0. The van der Waals surface area contributed by atoms with E-state index in [0.29, 0.717) is 28.2 Å². The Balaban J connectivity index is 1.50. The van der Waals surface area contributed by atoms with Gasteiger partial charge < -0.3 is 4.98 Å². The predicted molar refractivity (Wildman–Crippen MR) is 151 cm³/mol. The summed E-state index contributed by atoms with van der Waals surface area (Å²) >= 11 is 6.39. The normalized spacial score (nSPS) is 15.4. The number of aromatic nitrogens is 3. The molecule has 3 heterocycles. The maximum Gasteiger partial charge on any atom is 0.258 e. The lowest BCUT2D eigenvalue weighted by Crippen LogP contribution is -2.24. The molecule has 1 unspecified atom stereocenters. The highest BCUT2D eigenvalue weighted by Gasteiger charge is 2.34. The van der Waals surface area contributed by atoms with E-state index in [4.69, 9.17) is 16.7 Å². The van der Waals surface area contributed by atoms with E-state index in [0.717, 1.165) is 45.9 Å². The molecule has 0 bridgehead atoms. The van der Waals surface area contributed by atoms with Gasteiger partial charge in [0.2, 0.25) is 5.91 Å². The molecule has 0 aliphatic carbocycles. The van der Waals surface area contributed by atoms with Crippen LogP contribution in [0, 0.1) is 0 Å². The van der Waals surface area contributed by atoms with Crippen LogP contribution in [0.3, 0.4) is 0 Å². The molecule has 5 aromatic rings. The number of aromatic amines is 1. The molecule has 0 saturated heterocycles. The van der Waals surface area contributed by atoms with E-state index < -0.39 is 0 Å². The molecule has 1 atom stereocenters. The molecule has 7 nitrogen and oxygen atoms in total. The van der Waals surface area contributed by atoms with Gasteiger partial charge in [-0.25, -0.2) is 5.01 Å². The number of halogens is 1. The number of fused-ring (bicyclic) bond motifs is 2. The van der Waals surface area contributed by atoms with Gasteiger partial charge in [-0.1, -0.05) is 54.9 Å². The summed E-state index contributed by atoms with van der Waals surface area (Å²) in [5.74, 6) is -0.187. The van der Waals surface area contributed by atoms with E-state index in [2.05, 4.69) is 23.1 Å². The first kappa shape index (κ1) is 24.1. The number of rotatable bonds is 5. The molecular weight excluding hydrogens is 498 g/mol. The van der Waals surface area contributed by atoms with Gasteiger partial charge in [-0.3, -0.25) is 14.3 Å². The van der Waals surface area contributed by atoms with Crippen molar-refractivity contribution >= 4 is 45.0 Å². The molecule has 0 saturated carbocycles. The van der Waals surface area contributed by atoms with Crippen LogP contribution in [0.1, 0.15) is 43.9 Å². The number of carbonyl (C=O) groups excluding carboxylic acids is 1. The fourth-order valence-corrected chi connectivity index (χ4v) is 5.47. The molecule has 0 fully saturated rings. The number of nitrogens with zero attached hydrogens (tertiary/aromatic N) is 4. The summed E-state index contributed by atoms with van der Waals surface area (Å²) in [5, 5.41) is 13.3. The molecular formula is C30H26ClN5O2. The summed E-state index contributed by atoms with van der Waals surface area (Å²) in [6.07, 6.45) is 3.43. The van der Waals surface area contributed by atoms with Crippen molar-refractivity contribution in [3.8, 4) is 11.1 Å². The molecule has 38 heavy (non-hydrogen) atoms. The molecule has 0 spiro atoms. The van der Waals surface area contributed by atoms with Gasteiger partial charge in [0.05, 0.1) is 22.8 Å². The maximum atomic E-state index is 13.6. The number of hydrogen-bond acceptors (Lipinski definition) is 4. The zero-order chi connectivity index (χ0) is 26.4. The highest BCUT2D eigenvalue weighted by Crippen LogP contribution is 2.38. The Morgan fingerprint density at radius 1 is 1.08 bits per heavy atom. The highest BCUT2D eigenvalue weighted by molar-refractivity contribution is 6.31. The van der Waals surface area contributed by atoms with Gasteiger partial charge in [0.25, 0.3) is 5.56 Å². The van der Waals surface area contributed by atoms with Crippen LogP contribution in [-0.2, 0) is 11.3 Å². The number of hydrogen-bond donors (Lipinski definition) is 1. The van der Waals surface area contributed by atoms with Crippen LogP contribution < -0.4 is 5.56 Å². The zero-order valence-electron chi connectivity index (χ0n) is 21.1. The quantitative estimate of drug-likeness (QED) is 0.293. The third-order valence-corrected chi connectivity index (χ3v) is 7.21. The van der Waals surface area contributed by atoms with Crippen LogP contribution in [0.15, 0.2) is 82.8 Å². The fraction of sp³-hybridized carbons (Fsp3) is 0.200. The van der Waals surface area contributed by atoms with Crippen molar-refractivity contribution in [2.75, 3.05) is 0 Å². The molecule has 1 amide bonds. The minimum Gasteiger partial charge on any atom is -0.321 e. The summed E-state index contributed by atoms with van der Waals surface area (Å²) in [6.45, 7) is 4.46. The average molecular weight is 524 g/mol. The Morgan fingerprint density at radius 3 is 2.66 bits per heavy atom. The second-order valence-electron chi connectivity index (χ2n) is 9.60. The van der Waals surface area contributed by atoms with Gasteiger partial charge in [0.1, 0.15) is 0 Å². The standard InChI is InChI=1S/C30H26ClN5O2/c1-3-13-35-17-21-14-20(9-11-24(21)33-35)27-16-26(34-36(27)18(2)37)29-28(19-7-5-4-6-8-19)23-15-22(31)10-12-25(23)32-30(29)38/h4-12,14-15,17,27H,3,13,16H2,1-2H3,(H,32,38). The number of H-pyrrole nitrogens is 1. The zero-order valence-corrected chi connectivity index (χ0v) is 21.9. The van der Waals surface area contributed by atoms with E-state index in [1.807, 2.05) is 65.5 Å². The van der Waals surface area contributed by atoms with Crippen molar-refractivity contribution in [3.63, 3.8) is 0 Å². The SMILES string of the molecule is CCCn1cc2cc(C3CC(c4c(-c5ccccc5)c5cc(Cl)ccc5[nH]c4=O)=NN3C(C)=O)ccc2n1. The molecule has 0 radical (unpaired) electrons. The lowest BCUT2D eigenvalue weighted by atomic mass is 9.91. The smallest absolute Gasteiger partial charge is 0.258 e. The molecule has 1 aliphatic rings. The molecule has 6 rings (SSSR count). The highest BCUT2D eigenvalue weighted by atomic mass is 35.5. The Hall–Kier alpha value is -4.23. The van der Waals surface area contributed by atoms with Crippen LogP contribution >= 0.6 is 11.6 Å². The van der Waals surface area contributed by atoms with Crippen molar-refractivity contribution in [3.05, 3.63) is 99.4 Å². The first-order valence-electron chi connectivity index (χ1n) is 12.7. The Labute approximate surface area is 224 Å². The second kappa shape index (κ2) is 9.58. The molecule has 8 heteroatoms. The van der Waals surface area contributed by atoms with Gasteiger partial charge in [0, 0.05) is 53.0 Å². The van der Waals surface area contributed by atoms with E-state index in [-0.39, 0.29) is 17.5 Å². The summed E-state index contributed by atoms with van der Waals surface area (Å²) < 4.78 is 1.94. The number of hydrazone groups is 1. The first-order valence-corrected chi connectivity index (χ1v) is 13.1. The van der Waals surface area contributed by atoms with Crippen molar-refractivity contribution in [2.24, 2.45) is 5.10 Å². The van der Waals surface area contributed by atoms with Gasteiger partial charge >= 0.3 is 0 Å². The fourth-order valence-electron chi connectivity index (χ4n) is 5.30. The third kappa shape index (κ3) is 4.19. The van der Waals surface area contributed by atoms with Crippen molar-refractivity contribution in [2.45, 2.75) is 39.3 Å². The molecule has 190 valence electrons. The van der Waals surface area contributed by atoms with Crippen LogP contribution in [0.4, 0.5) is 0 Å². The van der Waals surface area contributed by atoms with E-state index in [1.54, 1.807) is 6.07 Å². The van der Waals surface area contributed by atoms with Crippen LogP contribution in [0.25, 0.3) is 32.9 Å². The van der Waals surface area contributed by atoms with Crippen molar-refractivity contribution in [1.29, 1.82) is 0 Å². The molecule has 3 aromatic carbocycles. The molecule has 1 aliphatic heterocycles. The van der Waals surface area contributed by atoms with Gasteiger partial charge in [0.15, 0.2) is 0 Å². The number of nitrogens with one attached hydrogen (secondary N) is 1. The minimum atomic E-state index is -0.334. The van der Waals surface area contributed by atoms with Crippen molar-refractivity contribution in [1.82, 2.24) is 19.8 Å². The Morgan fingerprint density at radius 2 is 1.89 bits per heavy atom. The predicted octanol–water partition coefficient (Wildman–Crippen LogP) is 6.31. The van der Waals surface area contributed by atoms with Gasteiger partial charge in [-0.15, -0.1) is 0 Å². The van der Waals surface area contributed by atoms with E-state index in [1.165, 1.54) is 11.9 Å². The monoisotopic (exact) mass is 523 g/mol. The van der Waals surface area contributed by atoms with Gasteiger partial charge in [-0.05, 0) is 47.9 Å². The summed E-state index contributed by atoms with van der Waals surface area (Å²) in [5.41, 5.74) is 4.95. The number of amides is 1. The lowest BCUT2D eigenvalue weighted by molar-refractivity contribution is -0.130. The third-order valence-electron chi connectivity index (χ3n) is 6.97. The maximum absolute atomic E-state index is 13.6. The minimum absolute atomic E-state index is 0.187. The number of pyridine rings is 1. The molecule has 2 aromatic heterocycles. The van der Waals surface area contributed by atoms with Crippen LogP contribution in [-0.4, -0.2) is 31.4 Å². The van der Waals surface area contributed by atoms with Crippen molar-refractivity contribution < 1.29 is 4.79 Å². The number of carbonyl (C=O) groups is 1. The number of benzene rings is 3. The van der Waals surface area contributed by atoms with Crippen LogP contribution in [0.2, 0.25) is 5.02 Å². The second-order valence-corrected chi connectivity index (χ2v) is 10.0. The molecule has 1 N–H and O–H groups in total. The summed E-state index contributed by atoms with van der Waals surface area (Å²) in [6, 6.07) is 20.9.